The molecule has 4 nitrogen and oxygen atoms in total. The highest BCUT2D eigenvalue weighted by molar-refractivity contribution is 5.81. The van der Waals surface area contributed by atoms with Crippen LogP contribution in [0.25, 0.3) is 0 Å². The lowest BCUT2D eigenvalue weighted by Crippen LogP contribution is -2.68. The van der Waals surface area contributed by atoms with Crippen LogP contribution in [0.15, 0.2) is 18.2 Å². The van der Waals surface area contributed by atoms with Crippen LogP contribution in [0.2, 0.25) is 0 Å². The maximum Gasteiger partial charge on any atom is 0.462 e. The van der Waals surface area contributed by atoms with E-state index in [4.69, 9.17) is 0 Å². The van der Waals surface area contributed by atoms with Crippen molar-refractivity contribution < 1.29 is 93.6 Å². The highest BCUT2D eigenvalue weighted by Crippen LogP contribution is 2.56. The lowest BCUT2D eigenvalue weighted by Gasteiger charge is -2.39. The average molecular weight is 600 g/mol. The number of hydrogen-bond donors (Lipinski definition) is 0. The van der Waals surface area contributed by atoms with Crippen LogP contribution in [0.5, 0.6) is 5.75 Å². The van der Waals surface area contributed by atoms with Gasteiger partial charge in [0, 0.05) is 0 Å². The van der Waals surface area contributed by atoms with Gasteiger partial charge in [0.15, 0.2) is 0 Å². The van der Waals surface area contributed by atoms with Gasteiger partial charge in [-0.3, -0.25) is 9.47 Å². The molecule has 1 rings (SSSR count). The van der Waals surface area contributed by atoms with Crippen molar-refractivity contribution in [3.05, 3.63) is 29.3 Å². The fourth-order valence-corrected chi connectivity index (χ4v) is 2.15. The van der Waals surface area contributed by atoms with Crippen molar-refractivity contribution in [3.63, 3.8) is 0 Å². The zero-order valence-corrected chi connectivity index (χ0v) is 17.8. The van der Waals surface area contributed by atoms with Crippen LogP contribution in [0.3, 0.4) is 0 Å². The molecule has 0 fully saturated rings. The van der Waals surface area contributed by atoms with Gasteiger partial charge in [0.2, 0.25) is 0 Å². The summed E-state index contributed by atoms with van der Waals surface area (Å²) in [4.78, 5) is 11.7. The second-order valence-corrected chi connectivity index (χ2v) is 7.08. The van der Waals surface area contributed by atoms with Gasteiger partial charge in [0.25, 0.3) is 0 Å². The van der Waals surface area contributed by atoms with Crippen molar-refractivity contribution in [3.8, 4) is 5.75 Å². The summed E-state index contributed by atoms with van der Waals surface area (Å²) >= 11 is 0. The van der Waals surface area contributed by atoms with Crippen LogP contribution in [-0.2, 0) is 14.3 Å². The van der Waals surface area contributed by atoms with Gasteiger partial charge in [0.05, 0.1) is 0 Å². The highest BCUT2D eigenvalue weighted by atomic mass is 19.4. The number of halogens is 17. The molecule has 0 spiro atoms. The van der Waals surface area contributed by atoms with Crippen LogP contribution in [0, 0.1) is 13.8 Å². The van der Waals surface area contributed by atoms with E-state index in [0.29, 0.717) is 6.07 Å². The average Bonchev–Trinajstić information content (AvgIpc) is 2.67. The summed E-state index contributed by atoms with van der Waals surface area (Å²) in [5.41, 5.74) is -0.247. The van der Waals surface area contributed by atoms with E-state index in [2.05, 4.69) is 4.74 Å². The van der Waals surface area contributed by atoms with Gasteiger partial charge in [-0.05, 0) is 31.0 Å². The molecule has 0 unspecified atom stereocenters. The molecule has 0 bridgehead atoms. The smallest absolute Gasteiger partial charge is 0.422 e. The van der Waals surface area contributed by atoms with E-state index in [-0.39, 0.29) is 11.1 Å². The van der Waals surface area contributed by atoms with Crippen molar-refractivity contribution in [2.45, 2.75) is 62.2 Å². The van der Waals surface area contributed by atoms with Gasteiger partial charge in [-0.15, -0.1) is 0 Å². The number of carbonyl (C=O) groups is 1. The van der Waals surface area contributed by atoms with Crippen molar-refractivity contribution in [2.24, 2.45) is 0 Å². The largest absolute Gasteiger partial charge is 0.462 e. The van der Waals surface area contributed by atoms with Crippen molar-refractivity contribution >= 4 is 5.97 Å². The molecule has 0 N–H and O–H groups in total. The lowest BCUT2D eigenvalue weighted by atomic mass is 10.1. The monoisotopic (exact) mass is 600 g/mol. The first-order chi connectivity index (χ1) is 16.5. The minimum absolute atomic E-state index is 0.0686. The third-order valence-electron chi connectivity index (χ3n) is 4.38. The summed E-state index contributed by atoms with van der Waals surface area (Å²) in [5.74, 6) is -27.7. The summed E-state index contributed by atoms with van der Waals surface area (Å²) in [7, 11) is 0. The molecule has 220 valence electrons. The van der Waals surface area contributed by atoms with E-state index in [1.165, 1.54) is 17.7 Å². The first kappa shape index (κ1) is 33.4. The summed E-state index contributed by atoms with van der Waals surface area (Å²) in [5, 5.41) is 0. The second kappa shape index (κ2) is 9.56. The van der Waals surface area contributed by atoms with E-state index >= 15 is 0 Å². The number of carbonyl (C=O) groups excluding carboxylic acids is 1. The van der Waals surface area contributed by atoms with E-state index in [0.717, 1.165) is 13.0 Å². The molecular formula is C17H9F17O4. The number of aryl methyl sites for hydroxylation is 1. The third kappa shape index (κ3) is 5.71. The summed E-state index contributed by atoms with van der Waals surface area (Å²) in [6.45, 7) is 2.16. The molecule has 0 saturated heterocycles. The summed E-state index contributed by atoms with van der Waals surface area (Å²) in [6, 6.07) is 2.67. The molecular weight excluding hydrogens is 591 g/mol. The van der Waals surface area contributed by atoms with Gasteiger partial charge in [-0.25, -0.2) is 4.79 Å². The molecule has 0 heterocycles. The molecule has 21 heteroatoms. The normalized spacial score (nSPS) is 17.6. The molecule has 2 atom stereocenters. The number of rotatable bonds is 8. The van der Waals surface area contributed by atoms with E-state index in [1.807, 2.05) is 4.74 Å². The molecule has 1 aromatic rings. The Morgan fingerprint density at radius 3 is 1.50 bits per heavy atom. The number of benzene rings is 1. The van der Waals surface area contributed by atoms with Crippen LogP contribution in [-0.4, -0.2) is 54.3 Å². The maximum atomic E-state index is 14.5. The first-order valence-corrected chi connectivity index (χ1v) is 8.89. The van der Waals surface area contributed by atoms with Gasteiger partial charge >= 0.3 is 54.3 Å². The van der Waals surface area contributed by atoms with Crippen molar-refractivity contribution in [2.75, 3.05) is 0 Å². The molecule has 0 radical (unpaired) electrons. The molecule has 0 aliphatic rings. The lowest BCUT2D eigenvalue weighted by molar-refractivity contribution is -0.548. The van der Waals surface area contributed by atoms with Gasteiger partial charge in [0.1, 0.15) is 5.75 Å². The van der Waals surface area contributed by atoms with Gasteiger partial charge in [-0.2, -0.15) is 74.6 Å². The Labute approximate surface area is 198 Å². The number of ether oxygens (including phenoxy) is 3. The zero-order valence-electron chi connectivity index (χ0n) is 17.8. The maximum absolute atomic E-state index is 14.5. The zero-order chi connectivity index (χ0) is 30.6. The molecule has 0 saturated carbocycles. The predicted molar refractivity (Wildman–Crippen MR) is 84.4 cm³/mol. The first-order valence-electron chi connectivity index (χ1n) is 8.89. The highest BCUT2D eigenvalue weighted by Gasteiger charge is 2.85. The number of alkyl halides is 17. The molecule has 0 aromatic heterocycles. The Bertz CT molecular complexity index is 1030. The van der Waals surface area contributed by atoms with Crippen molar-refractivity contribution in [1.82, 2.24) is 0 Å². The minimum Gasteiger partial charge on any atom is -0.422 e. The Hall–Kier alpha value is -2.58. The van der Waals surface area contributed by atoms with Crippen LogP contribution < -0.4 is 4.74 Å². The second-order valence-electron chi connectivity index (χ2n) is 7.08. The van der Waals surface area contributed by atoms with E-state index in [9.17, 15) is 79.4 Å². The Kier molecular flexibility index (Phi) is 8.41. The number of hydrogen-bond acceptors (Lipinski definition) is 4. The van der Waals surface area contributed by atoms with Gasteiger partial charge in [-0.1, -0.05) is 12.1 Å². The fourth-order valence-electron chi connectivity index (χ4n) is 2.15. The topological polar surface area (TPSA) is 44.8 Å². The van der Waals surface area contributed by atoms with E-state index in [1.54, 1.807) is 0 Å². The van der Waals surface area contributed by atoms with Crippen molar-refractivity contribution in [1.29, 1.82) is 0 Å². The Balaban J connectivity index is 3.67. The minimum atomic E-state index is -8.08. The molecule has 0 aliphatic carbocycles. The third-order valence-corrected chi connectivity index (χ3v) is 4.38. The summed E-state index contributed by atoms with van der Waals surface area (Å²) in [6.07, 6.45) is -38.7. The molecule has 0 amide bonds. The fraction of sp³-hybridized carbons (Fsp3) is 0.588. The predicted octanol–water partition coefficient (Wildman–Crippen LogP) is 7.08. The summed E-state index contributed by atoms with van der Waals surface area (Å²) < 4.78 is 230. The van der Waals surface area contributed by atoms with Crippen LogP contribution >= 0.6 is 0 Å². The van der Waals surface area contributed by atoms with Crippen LogP contribution in [0.4, 0.5) is 74.6 Å². The SMILES string of the molecule is Cc1cccc(OC(=O)[C@](F)(OC(F)(F)[C@@](F)(OC(F)(F)C(F)(F)C(F)(F)F)C(F)(F)F)C(F)(F)F)c1C. The van der Waals surface area contributed by atoms with Gasteiger partial charge < -0.3 is 4.74 Å². The Morgan fingerprint density at radius 1 is 0.632 bits per heavy atom. The quantitative estimate of drug-likeness (QED) is 0.182. The number of esters is 1. The Morgan fingerprint density at radius 2 is 1.11 bits per heavy atom. The standard InChI is InChI=1S/C17H9F17O4/c1-6-4-3-5-8(7(6)2)36-9(35)10(18,13(22,23)24)37-17(33,34)12(21,15(28,29)30)38-16(31,32)11(19,20)14(25,26)27/h3-5H,1-2H3/t10-,12-/m0/s1. The van der Waals surface area contributed by atoms with Crippen LogP contribution in [0.1, 0.15) is 11.1 Å². The molecule has 0 aliphatic heterocycles. The molecule has 38 heavy (non-hydrogen) atoms. The molecule has 1 aromatic carbocycles. The van der Waals surface area contributed by atoms with E-state index < -0.39 is 60.1 Å².